The van der Waals surface area contributed by atoms with Crippen molar-refractivity contribution >= 4 is 22.5 Å². The number of hydrogen-bond acceptors (Lipinski definition) is 7. The lowest BCUT2D eigenvalue weighted by Gasteiger charge is -2.42. The summed E-state index contributed by atoms with van der Waals surface area (Å²) in [6.45, 7) is 5.92. The molecule has 0 saturated carbocycles. The zero-order valence-corrected chi connectivity index (χ0v) is 24.1. The number of amides is 1. The molecule has 9 heteroatoms. The van der Waals surface area contributed by atoms with Crippen molar-refractivity contribution in [2.45, 2.75) is 56.5 Å². The summed E-state index contributed by atoms with van der Waals surface area (Å²) in [5.74, 6) is -0.628. The van der Waals surface area contributed by atoms with Gasteiger partial charge in [0.15, 0.2) is 5.83 Å². The third-order valence-corrected chi connectivity index (χ3v) is 9.17. The number of carbonyl (C=O) groups is 1. The molecule has 2 fully saturated rings. The third-order valence-electron chi connectivity index (χ3n) is 9.17. The standard InChI is InChI=1S/C33H37FN6O2/c1-22(34)32(41)40-18-17-39(20-25(40)14-15-35)31-29-13-12-24(28-11-5-8-23-7-3-4-10-27(23)28)19-30(29)36-33(37-31)42-21-26-9-6-16-38(26)2/h3-5,7-8,10-11,24-26H,1,6,9,12-14,16-21H2,2H3/t24?,25?,26-/m0/s1. The molecular formula is C33H37FN6O2. The summed E-state index contributed by atoms with van der Waals surface area (Å²) in [5.41, 5.74) is 3.43. The van der Waals surface area contributed by atoms with Crippen LogP contribution in [0.15, 0.2) is 54.9 Å². The fourth-order valence-electron chi connectivity index (χ4n) is 6.88. The zero-order chi connectivity index (χ0) is 29.2. The van der Waals surface area contributed by atoms with E-state index >= 15 is 0 Å². The first kappa shape index (κ1) is 28.1. The molecule has 6 rings (SSSR count). The van der Waals surface area contributed by atoms with Crippen molar-refractivity contribution in [2.75, 3.05) is 44.7 Å². The van der Waals surface area contributed by atoms with Gasteiger partial charge in [-0.25, -0.2) is 4.39 Å². The van der Waals surface area contributed by atoms with E-state index in [1.54, 1.807) is 0 Å². The van der Waals surface area contributed by atoms with Gasteiger partial charge in [-0.1, -0.05) is 49.0 Å². The number of nitriles is 1. The summed E-state index contributed by atoms with van der Waals surface area (Å²) in [7, 11) is 2.12. The Labute approximate surface area is 246 Å². The minimum atomic E-state index is -1.00. The SMILES string of the molecule is C=C(F)C(=O)N1CCN(c2nc(OC[C@@H]3CCCN3C)nc3c2CCC(c2cccc4ccccc24)C3)CC1CC#N. The number of piperazine rings is 1. The van der Waals surface area contributed by atoms with Gasteiger partial charge in [-0.3, -0.25) is 4.79 Å². The third kappa shape index (κ3) is 5.56. The van der Waals surface area contributed by atoms with Gasteiger partial charge < -0.3 is 19.4 Å². The molecule has 0 bridgehead atoms. The molecule has 2 unspecified atom stereocenters. The molecule has 0 N–H and O–H groups in total. The Hall–Kier alpha value is -4.03. The number of likely N-dealkylation sites (tertiary alicyclic amines) is 1. The molecule has 1 amide bonds. The van der Waals surface area contributed by atoms with Crippen LogP contribution in [-0.2, 0) is 17.6 Å². The van der Waals surface area contributed by atoms with E-state index in [1.807, 2.05) is 0 Å². The van der Waals surface area contributed by atoms with Crippen LogP contribution < -0.4 is 9.64 Å². The number of hydrogen-bond donors (Lipinski definition) is 0. The van der Waals surface area contributed by atoms with Crippen molar-refractivity contribution in [3.8, 4) is 12.1 Å². The van der Waals surface area contributed by atoms with Crippen LogP contribution in [0.5, 0.6) is 6.01 Å². The molecule has 8 nitrogen and oxygen atoms in total. The fourth-order valence-corrected chi connectivity index (χ4v) is 6.88. The number of nitrogens with zero attached hydrogens (tertiary/aromatic N) is 6. The number of aromatic nitrogens is 2. The minimum absolute atomic E-state index is 0.101. The number of fused-ring (bicyclic) bond motifs is 2. The maximum Gasteiger partial charge on any atom is 0.318 e. The molecule has 42 heavy (non-hydrogen) atoms. The van der Waals surface area contributed by atoms with Gasteiger partial charge in [0.05, 0.1) is 24.2 Å². The molecule has 0 radical (unpaired) electrons. The predicted molar refractivity (Wildman–Crippen MR) is 160 cm³/mol. The second-order valence-electron chi connectivity index (χ2n) is 11.7. The number of benzene rings is 2. The normalized spacial score (nSPS) is 22.5. The van der Waals surface area contributed by atoms with E-state index < -0.39 is 17.8 Å². The maximum absolute atomic E-state index is 13.8. The summed E-state index contributed by atoms with van der Waals surface area (Å²) >= 11 is 0. The van der Waals surface area contributed by atoms with E-state index in [9.17, 15) is 14.4 Å². The number of anilines is 1. The van der Waals surface area contributed by atoms with Crippen molar-refractivity contribution in [2.24, 2.45) is 0 Å². The van der Waals surface area contributed by atoms with Crippen molar-refractivity contribution in [1.82, 2.24) is 19.8 Å². The largest absolute Gasteiger partial charge is 0.462 e. The quantitative estimate of drug-likeness (QED) is 0.379. The van der Waals surface area contributed by atoms with Gasteiger partial charge in [-0.2, -0.15) is 15.2 Å². The van der Waals surface area contributed by atoms with Crippen LogP contribution in [-0.4, -0.2) is 77.6 Å². The Balaban J connectivity index is 1.32. The van der Waals surface area contributed by atoms with Crippen LogP contribution >= 0.6 is 0 Å². The highest BCUT2D eigenvalue weighted by atomic mass is 19.1. The smallest absolute Gasteiger partial charge is 0.318 e. The average molecular weight is 569 g/mol. The Morgan fingerprint density at radius 3 is 2.74 bits per heavy atom. The van der Waals surface area contributed by atoms with E-state index in [1.165, 1.54) is 21.2 Å². The average Bonchev–Trinajstić information content (AvgIpc) is 3.43. The lowest BCUT2D eigenvalue weighted by atomic mass is 9.80. The van der Waals surface area contributed by atoms with Gasteiger partial charge in [-0.15, -0.1) is 0 Å². The van der Waals surface area contributed by atoms with E-state index in [4.69, 9.17) is 14.7 Å². The Bertz CT molecular complexity index is 1530. The van der Waals surface area contributed by atoms with Crippen LogP contribution in [0, 0.1) is 11.3 Å². The van der Waals surface area contributed by atoms with Gasteiger partial charge in [0.25, 0.3) is 5.91 Å². The number of likely N-dealkylation sites (N-methyl/N-ethyl adjacent to an activating group) is 1. The van der Waals surface area contributed by atoms with Crippen molar-refractivity contribution in [1.29, 1.82) is 5.26 Å². The number of halogens is 1. The maximum atomic E-state index is 13.8. The Kier molecular flexibility index (Phi) is 8.07. The second-order valence-corrected chi connectivity index (χ2v) is 11.7. The van der Waals surface area contributed by atoms with Crippen molar-refractivity contribution < 1.29 is 13.9 Å². The first-order chi connectivity index (χ1) is 20.4. The lowest BCUT2D eigenvalue weighted by molar-refractivity contribution is -0.131. The number of rotatable bonds is 7. The highest BCUT2D eigenvalue weighted by Crippen LogP contribution is 2.39. The monoisotopic (exact) mass is 568 g/mol. The van der Waals surface area contributed by atoms with E-state index in [0.29, 0.717) is 37.7 Å². The summed E-state index contributed by atoms with van der Waals surface area (Å²) in [5, 5.41) is 12.0. The molecule has 3 aromatic rings. The molecule has 3 atom stereocenters. The van der Waals surface area contributed by atoms with Crippen molar-refractivity contribution in [3.05, 3.63) is 71.7 Å². The van der Waals surface area contributed by atoms with Gasteiger partial charge in [-0.05, 0) is 68.0 Å². The summed E-state index contributed by atoms with van der Waals surface area (Å²) < 4.78 is 20.0. The molecule has 1 aromatic heterocycles. The van der Waals surface area contributed by atoms with Crippen LogP contribution in [0.2, 0.25) is 0 Å². The summed E-state index contributed by atoms with van der Waals surface area (Å²) in [6.07, 6.45) is 4.90. The van der Waals surface area contributed by atoms with Gasteiger partial charge >= 0.3 is 6.01 Å². The second kappa shape index (κ2) is 12.1. The van der Waals surface area contributed by atoms with Crippen LogP contribution in [0.3, 0.4) is 0 Å². The van der Waals surface area contributed by atoms with Crippen LogP contribution in [0.1, 0.15) is 48.4 Å². The minimum Gasteiger partial charge on any atom is -0.462 e. The summed E-state index contributed by atoms with van der Waals surface area (Å²) in [6, 6.07) is 17.4. The van der Waals surface area contributed by atoms with Gasteiger partial charge in [0.1, 0.15) is 12.4 Å². The summed E-state index contributed by atoms with van der Waals surface area (Å²) in [4.78, 5) is 28.3. The molecule has 218 valence electrons. The first-order valence-electron chi connectivity index (χ1n) is 14.9. The number of ether oxygens (including phenoxy) is 1. The van der Waals surface area contributed by atoms with Gasteiger partial charge in [0.2, 0.25) is 0 Å². The highest BCUT2D eigenvalue weighted by Gasteiger charge is 2.35. The van der Waals surface area contributed by atoms with E-state index in [0.717, 1.165) is 55.7 Å². The molecule has 2 aromatic carbocycles. The van der Waals surface area contributed by atoms with Crippen LogP contribution in [0.25, 0.3) is 10.8 Å². The molecule has 1 aliphatic carbocycles. The predicted octanol–water partition coefficient (Wildman–Crippen LogP) is 4.79. The molecule has 0 spiro atoms. The zero-order valence-electron chi connectivity index (χ0n) is 24.1. The number of carbonyl (C=O) groups excluding carboxylic acids is 1. The fraction of sp³-hybridized carbons (Fsp3) is 0.455. The van der Waals surface area contributed by atoms with E-state index in [-0.39, 0.29) is 13.0 Å². The van der Waals surface area contributed by atoms with Gasteiger partial charge in [0, 0.05) is 31.2 Å². The first-order valence-corrected chi connectivity index (χ1v) is 14.9. The van der Waals surface area contributed by atoms with Crippen LogP contribution in [0.4, 0.5) is 10.2 Å². The molecule has 2 saturated heterocycles. The highest BCUT2D eigenvalue weighted by molar-refractivity contribution is 5.91. The van der Waals surface area contributed by atoms with Crippen molar-refractivity contribution in [3.63, 3.8) is 0 Å². The Morgan fingerprint density at radius 2 is 1.95 bits per heavy atom. The molecule has 3 heterocycles. The Morgan fingerprint density at radius 1 is 1.12 bits per heavy atom. The molecule has 2 aliphatic heterocycles. The molecule has 3 aliphatic rings. The van der Waals surface area contributed by atoms with E-state index in [2.05, 4.69) is 72.0 Å². The molecular weight excluding hydrogens is 531 g/mol. The lowest BCUT2D eigenvalue weighted by Crippen LogP contribution is -2.55. The topological polar surface area (TPSA) is 85.6 Å².